The highest BCUT2D eigenvalue weighted by molar-refractivity contribution is 7.15. The number of amides is 2. The van der Waals surface area contributed by atoms with Crippen LogP contribution >= 0.6 is 11.3 Å². The van der Waals surface area contributed by atoms with Gasteiger partial charge in [-0.25, -0.2) is 4.79 Å². The van der Waals surface area contributed by atoms with Crippen LogP contribution in [0.4, 0.5) is 15.6 Å². The molecule has 0 radical (unpaired) electrons. The predicted octanol–water partition coefficient (Wildman–Crippen LogP) is 3.19. The summed E-state index contributed by atoms with van der Waals surface area (Å²) in [7, 11) is 0. The van der Waals surface area contributed by atoms with Crippen molar-refractivity contribution in [3.8, 4) is 0 Å². The van der Waals surface area contributed by atoms with E-state index in [9.17, 15) is 4.79 Å². The summed E-state index contributed by atoms with van der Waals surface area (Å²) in [6, 6.07) is 7.64. The van der Waals surface area contributed by atoms with E-state index in [-0.39, 0.29) is 6.03 Å². The number of benzene rings is 1. The summed E-state index contributed by atoms with van der Waals surface area (Å²) in [6.45, 7) is 6.60. The fraction of sp³-hybridized carbons (Fsp3) is 0.471. The van der Waals surface area contributed by atoms with Crippen LogP contribution in [0.5, 0.6) is 0 Å². The Balaban J connectivity index is 1.47. The van der Waals surface area contributed by atoms with Crippen LogP contribution in [0.15, 0.2) is 24.3 Å². The molecular weight excluding hydrogens is 322 g/mol. The van der Waals surface area contributed by atoms with Crippen molar-refractivity contribution in [1.29, 1.82) is 0 Å². The number of carbonyl (C=O) groups excluding carboxylic acids is 1. The molecule has 1 atom stereocenters. The molecule has 7 heteroatoms. The van der Waals surface area contributed by atoms with Crippen LogP contribution in [0.1, 0.15) is 23.4 Å². The molecule has 0 bridgehead atoms. The number of nitrogens with one attached hydrogen (secondary N) is 2. The Hall–Kier alpha value is -2.15. The molecule has 2 N–H and O–H groups in total. The van der Waals surface area contributed by atoms with Gasteiger partial charge in [-0.1, -0.05) is 29.0 Å². The van der Waals surface area contributed by atoms with Gasteiger partial charge in [0.25, 0.3) is 0 Å². The van der Waals surface area contributed by atoms with Crippen molar-refractivity contribution in [3.05, 3.63) is 34.8 Å². The predicted molar refractivity (Wildman–Crippen MR) is 97.8 cm³/mol. The first-order valence-electron chi connectivity index (χ1n) is 8.27. The lowest BCUT2D eigenvalue weighted by molar-refractivity contribution is 0.249. The fourth-order valence-electron chi connectivity index (χ4n) is 2.87. The number of piperidine rings is 1. The lowest BCUT2D eigenvalue weighted by Crippen LogP contribution is -2.42. The monoisotopic (exact) mass is 345 g/mol. The summed E-state index contributed by atoms with van der Waals surface area (Å²) in [5.74, 6) is 0.437. The molecule has 6 nitrogen and oxygen atoms in total. The quantitative estimate of drug-likeness (QED) is 0.893. The zero-order chi connectivity index (χ0) is 16.9. The zero-order valence-corrected chi connectivity index (χ0v) is 14.9. The van der Waals surface area contributed by atoms with Crippen molar-refractivity contribution in [2.45, 2.75) is 26.7 Å². The number of anilines is 2. The molecule has 3 rings (SSSR count). The molecule has 24 heavy (non-hydrogen) atoms. The Bertz CT molecular complexity index is 685. The Morgan fingerprint density at radius 3 is 2.79 bits per heavy atom. The van der Waals surface area contributed by atoms with E-state index in [1.165, 1.54) is 5.56 Å². The minimum absolute atomic E-state index is 0.150. The summed E-state index contributed by atoms with van der Waals surface area (Å²) < 4.78 is 0. The number of urea groups is 1. The Labute approximate surface area is 146 Å². The van der Waals surface area contributed by atoms with Gasteiger partial charge in [-0.3, -0.25) is 0 Å². The molecule has 1 aliphatic heterocycles. The van der Waals surface area contributed by atoms with Crippen molar-refractivity contribution in [1.82, 2.24) is 15.5 Å². The largest absolute Gasteiger partial charge is 0.346 e. The third kappa shape index (κ3) is 4.44. The van der Waals surface area contributed by atoms with Gasteiger partial charge in [-0.2, -0.15) is 0 Å². The van der Waals surface area contributed by atoms with E-state index < -0.39 is 0 Å². The number of aryl methyl sites for hydroxylation is 2. The van der Waals surface area contributed by atoms with E-state index in [0.717, 1.165) is 41.8 Å². The number of nitrogens with zero attached hydrogens (tertiary/aromatic N) is 3. The van der Waals surface area contributed by atoms with Crippen molar-refractivity contribution in [2.75, 3.05) is 29.9 Å². The molecule has 0 saturated carbocycles. The van der Waals surface area contributed by atoms with Crippen molar-refractivity contribution >= 4 is 28.2 Å². The number of hydrogen-bond acceptors (Lipinski definition) is 5. The fourth-order valence-corrected chi connectivity index (χ4v) is 3.59. The van der Waals surface area contributed by atoms with Crippen molar-refractivity contribution in [3.63, 3.8) is 0 Å². The highest BCUT2D eigenvalue weighted by Gasteiger charge is 2.22. The van der Waals surface area contributed by atoms with E-state index >= 15 is 0 Å². The van der Waals surface area contributed by atoms with Crippen LogP contribution in [-0.2, 0) is 0 Å². The number of aromatic nitrogens is 2. The molecule has 128 valence electrons. The maximum Gasteiger partial charge on any atom is 0.319 e. The Morgan fingerprint density at radius 2 is 2.08 bits per heavy atom. The van der Waals surface area contributed by atoms with Gasteiger partial charge in [-0.15, -0.1) is 10.2 Å². The molecule has 0 spiro atoms. The van der Waals surface area contributed by atoms with Crippen molar-refractivity contribution in [2.24, 2.45) is 5.92 Å². The third-order valence-electron chi connectivity index (χ3n) is 4.17. The summed E-state index contributed by atoms with van der Waals surface area (Å²) in [5.41, 5.74) is 1.99. The summed E-state index contributed by atoms with van der Waals surface area (Å²) in [5, 5.41) is 16.1. The van der Waals surface area contributed by atoms with Gasteiger partial charge in [0.15, 0.2) is 0 Å². The van der Waals surface area contributed by atoms with Crippen LogP contribution in [0, 0.1) is 19.8 Å². The second kappa shape index (κ2) is 7.61. The second-order valence-electron chi connectivity index (χ2n) is 6.26. The molecular formula is C17H23N5OS. The van der Waals surface area contributed by atoms with E-state index in [2.05, 4.69) is 25.7 Å². The molecule has 1 fully saturated rings. The number of carbonyl (C=O) groups is 1. The molecule has 2 amide bonds. The van der Waals surface area contributed by atoms with Crippen LogP contribution < -0.4 is 15.5 Å². The standard InChI is InChI=1S/C17H23N5OS/c1-12-5-7-15(8-6-12)19-16(23)18-10-14-4-3-9-22(11-14)17-21-20-13(2)24-17/h5-8,14H,3-4,9-11H2,1-2H3,(H2,18,19,23). The highest BCUT2D eigenvalue weighted by atomic mass is 32.1. The molecule has 1 unspecified atom stereocenters. The highest BCUT2D eigenvalue weighted by Crippen LogP contribution is 2.25. The number of rotatable bonds is 4. The van der Waals surface area contributed by atoms with E-state index in [4.69, 9.17) is 0 Å². The molecule has 2 aromatic rings. The summed E-state index contributed by atoms with van der Waals surface area (Å²) in [6.07, 6.45) is 2.24. The second-order valence-corrected chi connectivity index (χ2v) is 7.42. The van der Waals surface area contributed by atoms with Crippen LogP contribution in [-0.4, -0.2) is 35.9 Å². The first kappa shape index (κ1) is 16.7. The molecule has 1 aromatic heterocycles. The maximum atomic E-state index is 12.0. The average molecular weight is 345 g/mol. The van der Waals surface area contributed by atoms with Gasteiger partial charge in [0.05, 0.1) is 0 Å². The zero-order valence-electron chi connectivity index (χ0n) is 14.1. The van der Waals surface area contributed by atoms with E-state index in [1.54, 1.807) is 11.3 Å². The first-order chi connectivity index (χ1) is 11.6. The van der Waals surface area contributed by atoms with Gasteiger partial charge < -0.3 is 15.5 Å². The SMILES string of the molecule is Cc1ccc(NC(=O)NCC2CCCN(c3nnc(C)s3)C2)cc1. The molecule has 1 saturated heterocycles. The maximum absolute atomic E-state index is 12.0. The normalized spacial score (nSPS) is 17.6. The Morgan fingerprint density at radius 1 is 1.29 bits per heavy atom. The molecule has 1 aromatic carbocycles. The summed E-state index contributed by atoms with van der Waals surface area (Å²) >= 11 is 1.63. The average Bonchev–Trinajstić information content (AvgIpc) is 3.02. The van der Waals surface area contributed by atoms with Crippen LogP contribution in [0.25, 0.3) is 0 Å². The van der Waals surface area contributed by atoms with Gasteiger partial charge in [0.2, 0.25) is 5.13 Å². The van der Waals surface area contributed by atoms with E-state index in [1.807, 2.05) is 38.1 Å². The number of hydrogen-bond donors (Lipinski definition) is 2. The van der Waals surface area contributed by atoms with Gasteiger partial charge in [-0.05, 0) is 44.7 Å². The van der Waals surface area contributed by atoms with Gasteiger partial charge in [0.1, 0.15) is 5.01 Å². The van der Waals surface area contributed by atoms with Crippen molar-refractivity contribution < 1.29 is 4.79 Å². The van der Waals surface area contributed by atoms with E-state index in [0.29, 0.717) is 12.5 Å². The lowest BCUT2D eigenvalue weighted by atomic mass is 9.98. The Kier molecular flexibility index (Phi) is 5.30. The van der Waals surface area contributed by atoms with Gasteiger partial charge in [0, 0.05) is 25.3 Å². The van der Waals surface area contributed by atoms with Gasteiger partial charge >= 0.3 is 6.03 Å². The molecule has 2 heterocycles. The lowest BCUT2D eigenvalue weighted by Gasteiger charge is -2.32. The topological polar surface area (TPSA) is 70.2 Å². The minimum atomic E-state index is -0.150. The third-order valence-corrected chi connectivity index (χ3v) is 5.07. The first-order valence-corrected chi connectivity index (χ1v) is 9.08. The smallest absolute Gasteiger partial charge is 0.319 e. The van der Waals surface area contributed by atoms with Crippen LogP contribution in [0.3, 0.4) is 0 Å². The molecule has 1 aliphatic rings. The molecule has 0 aliphatic carbocycles. The minimum Gasteiger partial charge on any atom is -0.346 e. The summed E-state index contributed by atoms with van der Waals surface area (Å²) in [4.78, 5) is 14.3. The van der Waals surface area contributed by atoms with Crippen LogP contribution in [0.2, 0.25) is 0 Å².